The van der Waals surface area contributed by atoms with Crippen molar-refractivity contribution in [2.24, 2.45) is 5.92 Å². The SMILES string of the molecule is CN(Cc1ccc(Br)cc1)C(=O)C1CCCC1. The molecule has 2 rings (SSSR count). The Hall–Kier alpha value is -0.830. The first kappa shape index (κ1) is 12.6. The number of hydrogen-bond acceptors (Lipinski definition) is 1. The van der Waals surface area contributed by atoms with Crippen molar-refractivity contribution in [2.75, 3.05) is 7.05 Å². The maximum absolute atomic E-state index is 12.1. The maximum Gasteiger partial charge on any atom is 0.225 e. The van der Waals surface area contributed by atoms with Gasteiger partial charge < -0.3 is 4.90 Å². The summed E-state index contributed by atoms with van der Waals surface area (Å²) in [6.45, 7) is 0.711. The Kier molecular flexibility index (Phi) is 4.21. The Morgan fingerprint density at radius 1 is 1.29 bits per heavy atom. The third-order valence-electron chi connectivity index (χ3n) is 3.41. The summed E-state index contributed by atoms with van der Waals surface area (Å²) in [6, 6.07) is 8.15. The average molecular weight is 296 g/mol. The van der Waals surface area contributed by atoms with E-state index in [1.54, 1.807) is 0 Å². The fourth-order valence-corrected chi connectivity index (χ4v) is 2.69. The van der Waals surface area contributed by atoms with Crippen LogP contribution in [0.15, 0.2) is 28.7 Å². The number of halogens is 1. The summed E-state index contributed by atoms with van der Waals surface area (Å²) in [6.07, 6.45) is 4.57. The third kappa shape index (κ3) is 3.32. The summed E-state index contributed by atoms with van der Waals surface area (Å²) in [4.78, 5) is 14.0. The van der Waals surface area contributed by atoms with Crippen molar-refractivity contribution in [3.8, 4) is 0 Å². The van der Waals surface area contributed by atoms with Gasteiger partial charge in [0.05, 0.1) is 0 Å². The fraction of sp³-hybridized carbons (Fsp3) is 0.500. The van der Waals surface area contributed by atoms with Gasteiger partial charge in [-0.2, -0.15) is 0 Å². The van der Waals surface area contributed by atoms with E-state index in [2.05, 4.69) is 28.1 Å². The molecule has 1 amide bonds. The second-order valence-corrected chi connectivity index (χ2v) is 5.72. The molecule has 0 N–H and O–H groups in total. The predicted molar refractivity (Wildman–Crippen MR) is 72.6 cm³/mol. The van der Waals surface area contributed by atoms with Gasteiger partial charge in [-0.1, -0.05) is 40.9 Å². The zero-order valence-electron chi connectivity index (χ0n) is 10.2. The molecule has 17 heavy (non-hydrogen) atoms. The molecule has 1 aromatic rings. The number of hydrogen-bond donors (Lipinski definition) is 0. The van der Waals surface area contributed by atoms with Crippen LogP contribution in [-0.2, 0) is 11.3 Å². The Morgan fingerprint density at radius 2 is 1.88 bits per heavy atom. The molecule has 0 spiro atoms. The standard InChI is InChI=1S/C14H18BrNO/c1-16(14(17)12-4-2-3-5-12)10-11-6-8-13(15)9-7-11/h6-9,12H,2-5,10H2,1H3. The quantitative estimate of drug-likeness (QED) is 0.834. The molecule has 0 aromatic heterocycles. The third-order valence-corrected chi connectivity index (χ3v) is 3.94. The lowest BCUT2D eigenvalue weighted by molar-refractivity contribution is -0.134. The van der Waals surface area contributed by atoms with E-state index >= 15 is 0 Å². The first-order valence-electron chi connectivity index (χ1n) is 6.16. The summed E-state index contributed by atoms with van der Waals surface area (Å²) in [7, 11) is 1.91. The molecular weight excluding hydrogens is 278 g/mol. The number of rotatable bonds is 3. The highest BCUT2D eigenvalue weighted by Gasteiger charge is 2.25. The predicted octanol–water partition coefficient (Wildman–Crippen LogP) is 3.60. The average Bonchev–Trinajstić information content (AvgIpc) is 2.84. The van der Waals surface area contributed by atoms with Gasteiger partial charge in [-0.15, -0.1) is 0 Å². The maximum atomic E-state index is 12.1. The molecule has 0 aliphatic heterocycles. The largest absolute Gasteiger partial charge is 0.341 e. The van der Waals surface area contributed by atoms with Crippen LogP contribution in [0.5, 0.6) is 0 Å². The van der Waals surface area contributed by atoms with Gasteiger partial charge >= 0.3 is 0 Å². The molecule has 92 valence electrons. The summed E-state index contributed by atoms with van der Waals surface area (Å²) in [5.74, 6) is 0.584. The van der Waals surface area contributed by atoms with E-state index in [-0.39, 0.29) is 5.92 Å². The van der Waals surface area contributed by atoms with Gasteiger partial charge in [0.1, 0.15) is 0 Å². The lowest BCUT2D eigenvalue weighted by atomic mass is 10.1. The highest BCUT2D eigenvalue weighted by molar-refractivity contribution is 9.10. The smallest absolute Gasteiger partial charge is 0.225 e. The van der Waals surface area contributed by atoms with Gasteiger partial charge in [0.25, 0.3) is 0 Å². The summed E-state index contributed by atoms with van der Waals surface area (Å²) >= 11 is 3.41. The van der Waals surface area contributed by atoms with E-state index in [4.69, 9.17) is 0 Å². The first-order chi connectivity index (χ1) is 8.16. The van der Waals surface area contributed by atoms with Crippen molar-refractivity contribution in [3.63, 3.8) is 0 Å². The molecule has 1 aromatic carbocycles. The topological polar surface area (TPSA) is 20.3 Å². The van der Waals surface area contributed by atoms with Gasteiger partial charge in [0, 0.05) is 24.0 Å². The number of carbonyl (C=O) groups is 1. The minimum Gasteiger partial charge on any atom is -0.341 e. The lowest BCUT2D eigenvalue weighted by Gasteiger charge is -2.21. The molecule has 1 aliphatic carbocycles. The van der Waals surface area contributed by atoms with Crippen molar-refractivity contribution in [1.29, 1.82) is 0 Å². The van der Waals surface area contributed by atoms with Crippen LogP contribution in [0.3, 0.4) is 0 Å². The first-order valence-corrected chi connectivity index (χ1v) is 6.95. The summed E-state index contributed by atoms with van der Waals surface area (Å²) in [5.41, 5.74) is 1.18. The minimum atomic E-state index is 0.274. The Balaban J connectivity index is 1.93. The number of nitrogens with zero attached hydrogens (tertiary/aromatic N) is 1. The molecular formula is C14H18BrNO. The van der Waals surface area contributed by atoms with Crippen LogP contribution in [0.4, 0.5) is 0 Å². The molecule has 0 radical (unpaired) electrons. The van der Waals surface area contributed by atoms with Crippen molar-refractivity contribution in [3.05, 3.63) is 34.3 Å². The van der Waals surface area contributed by atoms with E-state index < -0.39 is 0 Å². The molecule has 0 atom stereocenters. The normalized spacial score (nSPS) is 16.1. The van der Waals surface area contributed by atoms with Crippen LogP contribution in [0.2, 0.25) is 0 Å². The zero-order valence-corrected chi connectivity index (χ0v) is 11.7. The van der Waals surface area contributed by atoms with Crippen molar-refractivity contribution >= 4 is 21.8 Å². The number of benzene rings is 1. The van der Waals surface area contributed by atoms with Gasteiger partial charge in [-0.25, -0.2) is 0 Å². The molecule has 1 aliphatic rings. The van der Waals surface area contributed by atoms with E-state index in [1.165, 1.54) is 18.4 Å². The van der Waals surface area contributed by atoms with Crippen LogP contribution < -0.4 is 0 Å². The highest BCUT2D eigenvalue weighted by atomic mass is 79.9. The molecule has 0 saturated heterocycles. The summed E-state index contributed by atoms with van der Waals surface area (Å²) < 4.78 is 1.08. The molecule has 2 nitrogen and oxygen atoms in total. The molecule has 1 saturated carbocycles. The van der Waals surface area contributed by atoms with E-state index in [0.29, 0.717) is 12.5 Å². The molecule has 0 heterocycles. The lowest BCUT2D eigenvalue weighted by Crippen LogP contribution is -2.31. The molecule has 0 bridgehead atoms. The number of carbonyl (C=O) groups excluding carboxylic acids is 1. The van der Waals surface area contributed by atoms with Crippen LogP contribution in [0.25, 0.3) is 0 Å². The van der Waals surface area contributed by atoms with Gasteiger partial charge in [-0.3, -0.25) is 4.79 Å². The fourth-order valence-electron chi connectivity index (χ4n) is 2.43. The van der Waals surface area contributed by atoms with Gasteiger partial charge in [-0.05, 0) is 30.5 Å². The van der Waals surface area contributed by atoms with Crippen molar-refractivity contribution < 1.29 is 4.79 Å². The second-order valence-electron chi connectivity index (χ2n) is 4.80. The monoisotopic (exact) mass is 295 g/mol. The van der Waals surface area contributed by atoms with Crippen molar-refractivity contribution in [1.82, 2.24) is 4.90 Å². The Labute approximate surface area is 111 Å². The summed E-state index contributed by atoms with van der Waals surface area (Å²) in [5, 5.41) is 0. The van der Waals surface area contributed by atoms with Crippen LogP contribution >= 0.6 is 15.9 Å². The minimum absolute atomic E-state index is 0.274. The van der Waals surface area contributed by atoms with E-state index in [9.17, 15) is 4.79 Å². The second kappa shape index (κ2) is 5.67. The van der Waals surface area contributed by atoms with E-state index in [0.717, 1.165) is 17.3 Å². The van der Waals surface area contributed by atoms with E-state index in [1.807, 2.05) is 24.1 Å². The van der Waals surface area contributed by atoms with Gasteiger partial charge in [0.2, 0.25) is 5.91 Å². The Bertz CT molecular complexity index is 382. The van der Waals surface area contributed by atoms with Crippen molar-refractivity contribution in [2.45, 2.75) is 32.2 Å². The highest BCUT2D eigenvalue weighted by Crippen LogP contribution is 2.26. The molecule has 1 fully saturated rings. The molecule has 0 unspecified atom stereocenters. The van der Waals surface area contributed by atoms with Crippen LogP contribution in [0.1, 0.15) is 31.2 Å². The van der Waals surface area contributed by atoms with Gasteiger partial charge in [0.15, 0.2) is 0 Å². The number of amides is 1. The van der Waals surface area contributed by atoms with Crippen LogP contribution in [-0.4, -0.2) is 17.9 Å². The molecule has 3 heteroatoms. The van der Waals surface area contributed by atoms with Crippen LogP contribution in [0, 0.1) is 5.92 Å². The Morgan fingerprint density at radius 3 is 2.47 bits per heavy atom. The zero-order chi connectivity index (χ0) is 12.3.